The molecule has 1 aromatic heterocycles. The molecule has 0 aliphatic heterocycles. The van der Waals surface area contributed by atoms with E-state index in [1.807, 2.05) is 35.9 Å². The Labute approximate surface area is 113 Å². The van der Waals surface area contributed by atoms with Gasteiger partial charge >= 0.3 is 0 Å². The summed E-state index contributed by atoms with van der Waals surface area (Å²) in [5.41, 5.74) is 6.90. The minimum atomic E-state index is 0.0399. The zero-order valence-electron chi connectivity index (χ0n) is 11.6. The van der Waals surface area contributed by atoms with E-state index in [9.17, 15) is 0 Å². The van der Waals surface area contributed by atoms with Crippen LogP contribution in [0.3, 0.4) is 0 Å². The number of ether oxygens (including phenoxy) is 1. The van der Waals surface area contributed by atoms with Gasteiger partial charge in [0, 0.05) is 12.1 Å². The molecule has 2 aromatic rings. The summed E-state index contributed by atoms with van der Waals surface area (Å²) in [6.07, 6.45) is 1.55. The molecule has 0 radical (unpaired) electrons. The first kappa shape index (κ1) is 13.5. The first-order valence-electron chi connectivity index (χ1n) is 6.44. The first-order valence-corrected chi connectivity index (χ1v) is 6.44. The van der Waals surface area contributed by atoms with E-state index in [1.165, 1.54) is 0 Å². The van der Waals surface area contributed by atoms with Crippen molar-refractivity contribution in [1.29, 1.82) is 0 Å². The Morgan fingerprint density at radius 3 is 2.47 bits per heavy atom. The van der Waals surface area contributed by atoms with E-state index in [-0.39, 0.29) is 12.1 Å². The molecular weight excluding hydrogens is 240 g/mol. The predicted octanol–water partition coefficient (Wildman–Crippen LogP) is 2.46. The van der Waals surface area contributed by atoms with Gasteiger partial charge in [-0.3, -0.25) is 0 Å². The average Bonchev–Trinajstić information content (AvgIpc) is 2.85. The van der Waals surface area contributed by atoms with Crippen molar-refractivity contribution in [1.82, 2.24) is 14.8 Å². The highest BCUT2D eigenvalue weighted by atomic mass is 16.5. The van der Waals surface area contributed by atoms with Gasteiger partial charge in [-0.05, 0) is 38.5 Å². The van der Waals surface area contributed by atoms with Gasteiger partial charge in [-0.25, -0.2) is 9.67 Å². The summed E-state index contributed by atoms with van der Waals surface area (Å²) in [5, 5.41) is 4.17. The van der Waals surface area contributed by atoms with Gasteiger partial charge in [-0.15, -0.1) is 0 Å². The van der Waals surface area contributed by atoms with Crippen LogP contribution in [0.25, 0.3) is 0 Å². The molecule has 0 saturated heterocycles. The van der Waals surface area contributed by atoms with Crippen LogP contribution < -0.4 is 10.5 Å². The smallest absolute Gasteiger partial charge is 0.165 e. The van der Waals surface area contributed by atoms with Gasteiger partial charge in [0.1, 0.15) is 18.7 Å². The molecule has 0 aliphatic rings. The van der Waals surface area contributed by atoms with E-state index >= 15 is 0 Å². The quantitative estimate of drug-likeness (QED) is 0.896. The molecule has 0 aliphatic carbocycles. The highest BCUT2D eigenvalue weighted by Gasteiger charge is 2.08. The molecule has 0 bridgehead atoms. The molecule has 19 heavy (non-hydrogen) atoms. The lowest BCUT2D eigenvalue weighted by Gasteiger charge is -2.11. The standard InChI is InChI=1S/C14H20N4O/c1-10(2)18-14(16-9-17-18)8-19-13-6-4-12(5-7-13)11(3)15/h4-7,9-11H,8,15H2,1-3H3/t11-/m1/s1. The van der Waals surface area contributed by atoms with Gasteiger partial charge in [0.05, 0.1) is 0 Å². The molecule has 1 aromatic carbocycles. The van der Waals surface area contributed by atoms with Crippen LogP contribution in [0.15, 0.2) is 30.6 Å². The summed E-state index contributed by atoms with van der Waals surface area (Å²) in [4.78, 5) is 4.21. The molecule has 0 saturated carbocycles. The molecule has 2 N–H and O–H groups in total. The van der Waals surface area contributed by atoms with Crippen LogP contribution in [0.2, 0.25) is 0 Å². The SMILES string of the molecule is CC(C)n1ncnc1COc1ccc([C@@H](C)N)cc1. The minimum absolute atomic E-state index is 0.0399. The number of rotatable bonds is 5. The van der Waals surface area contributed by atoms with Crippen LogP contribution in [0.4, 0.5) is 0 Å². The van der Waals surface area contributed by atoms with Crippen molar-refractivity contribution < 1.29 is 4.74 Å². The van der Waals surface area contributed by atoms with Crippen molar-refractivity contribution in [3.63, 3.8) is 0 Å². The van der Waals surface area contributed by atoms with Gasteiger partial charge in [-0.2, -0.15) is 5.10 Å². The Bertz CT molecular complexity index is 516. The summed E-state index contributed by atoms with van der Waals surface area (Å²) < 4.78 is 7.57. The Morgan fingerprint density at radius 2 is 1.89 bits per heavy atom. The fraction of sp³-hybridized carbons (Fsp3) is 0.429. The van der Waals surface area contributed by atoms with Crippen LogP contribution in [0.1, 0.15) is 44.2 Å². The fourth-order valence-corrected chi connectivity index (χ4v) is 1.82. The van der Waals surface area contributed by atoms with Crippen molar-refractivity contribution in [2.45, 2.75) is 39.5 Å². The molecule has 0 amide bonds. The van der Waals surface area contributed by atoms with Crippen LogP contribution in [0.5, 0.6) is 5.75 Å². The number of aromatic nitrogens is 3. The van der Waals surface area contributed by atoms with E-state index in [0.29, 0.717) is 6.61 Å². The van der Waals surface area contributed by atoms with Crippen molar-refractivity contribution >= 4 is 0 Å². The zero-order valence-corrected chi connectivity index (χ0v) is 11.6. The molecule has 1 heterocycles. The second-order valence-corrected chi connectivity index (χ2v) is 4.86. The molecular formula is C14H20N4O. The zero-order chi connectivity index (χ0) is 13.8. The third kappa shape index (κ3) is 3.32. The molecule has 0 spiro atoms. The third-order valence-electron chi connectivity index (χ3n) is 2.91. The van der Waals surface area contributed by atoms with Crippen molar-refractivity contribution in [3.8, 4) is 5.75 Å². The van der Waals surface area contributed by atoms with E-state index in [0.717, 1.165) is 17.1 Å². The molecule has 2 rings (SSSR count). The van der Waals surface area contributed by atoms with Crippen LogP contribution in [-0.4, -0.2) is 14.8 Å². The van der Waals surface area contributed by atoms with Crippen LogP contribution >= 0.6 is 0 Å². The number of nitrogens with zero attached hydrogens (tertiary/aromatic N) is 3. The summed E-state index contributed by atoms with van der Waals surface area (Å²) in [7, 11) is 0. The van der Waals surface area contributed by atoms with Crippen LogP contribution in [0, 0.1) is 0 Å². The van der Waals surface area contributed by atoms with Crippen molar-refractivity contribution in [2.75, 3.05) is 0 Å². The van der Waals surface area contributed by atoms with E-state index < -0.39 is 0 Å². The van der Waals surface area contributed by atoms with Gasteiger partial charge in [0.15, 0.2) is 5.82 Å². The number of benzene rings is 1. The maximum atomic E-state index is 5.81. The average molecular weight is 260 g/mol. The number of hydrogen-bond donors (Lipinski definition) is 1. The van der Waals surface area contributed by atoms with E-state index in [1.54, 1.807) is 6.33 Å². The molecule has 102 valence electrons. The third-order valence-corrected chi connectivity index (χ3v) is 2.91. The molecule has 5 nitrogen and oxygen atoms in total. The second kappa shape index (κ2) is 5.84. The molecule has 0 unspecified atom stereocenters. The lowest BCUT2D eigenvalue weighted by atomic mass is 10.1. The topological polar surface area (TPSA) is 66.0 Å². The monoisotopic (exact) mass is 260 g/mol. The summed E-state index contributed by atoms with van der Waals surface area (Å²) in [6.45, 7) is 6.50. The Hall–Kier alpha value is -1.88. The van der Waals surface area contributed by atoms with Crippen molar-refractivity contribution in [2.24, 2.45) is 5.73 Å². The van der Waals surface area contributed by atoms with E-state index in [4.69, 9.17) is 10.5 Å². The Kier molecular flexibility index (Phi) is 4.16. The molecule has 1 atom stereocenters. The Balaban J connectivity index is 2.00. The lowest BCUT2D eigenvalue weighted by molar-refractivity contribution is 0.282. The highest BCUT2D eigenvalue weighted by Crippen LogP contribution is 2.17. The maximum absolute atomic E-state index is 5.81. The van der Waals surface area contributed by atoms with Crippen molar-refractivity contribution in [3.05, 3.63) is 42.0 Å². The van der Waals surface area contributed by atoms with Gasteiger partial charge in [0.2, 0.25) is 0 Å². The fourth-order valence-electron chi connectivity index (χ4n) is 1.82. The first-order chi connectivity index (χ1) is 9.08. The number of hydrogen-bond acceptors (Lipinski definition) is 4. The summed E-state index contributed by atoms with van der Waals surface area (Å²) >= 11 is 0. The largest absolute Gasteiger partial charge is 0.486 e. The van der Waals surface area contributed by atoms with Gasteiger partial charge in [0.25, 0.3) is 0 Å². The predicted molar refractivity (Wildman–Crippen MR) is 73.8 cm³/mol. The second-order valence-electron chi connectivity index (χ2n) is 4.86. The Morgan fingerprint density at radius 1 is 1.21 bits per heavy atom. The van der Waals surface area contributed by atoms with E-state index in [2.05, 4.69) is 23.9 Å². The van der Waals surface area contributed by atoms with Gasteiger partial charge in [-0.1, -0.05) is 12.1 Å². The minimum Gasteiger partial charge on any atom is -0.486 e. The normalized spacial score (nSPS) is 12.7. The molecule has 5 heteroatoms. The maximum Gasteiger partial charge on any atom is 0.165 e. The number of nitrogens with two attached hydrogens (primary N) is 1. The molecule has 0 fully saturated rings. The summed E-state index contributed by atoms with van der Waals surface area (Å²) in [6, 6.07) is 8.13. The van der Waals surface area contributed by atoms with Gasteiger partial charge < -0.3 is 10.5 Å². The lowest BCUT2D eigenvalue weighted by Crippen LogP contribution is -2.10. The van der Waals surface area contributed by atoms with Crippen LogP contribution in [-0.2, 0) is 6.61 Å². The summed E-state index contributed by atoms with van der Waals surface area (Å²) in [5.74, 6) is 1.63. The highest BCUT2D eigenvalue weighted by molar-refractivity contribution is 5.28.